The maximum absolute atomic E-state index is 2.47. The Morgan fingerprint density at radius 3 is 2.35 bits per heavy atom. The van der Waals surface area contributed by atoms with Crippen LogP contribution in [0, 0.1) is 6.42 Å². The predicted molar refractivity (Wildman–Crippen MR) is 73.5 cm³/mol. The zero-order valence-corrected chi connectivity index (χ0v) is 12.6. The minimum absolute atomic E-state index is 0. The van der Waals surface area contributed by atoms with Crippen LogP contribution >= 0.6 is 11.8 Å². The molecule has 1 saturated carbocycles. The van der Waals surface area contributed by atoms with E-state index in [2.05, 4.69) is 48.5 Å². The third-order valence-corrected chi connectivity index (χ3v) is 4.64. The molecule has 1 radical (unpaired) electrons. The third-order valence-electron chi connectivity index (χ3n) is 3.20. The van der Waals surface area contributed by atoms with Crippen LogP contribution in [0.2, 0.25) is 0 Å². The molecule has 0 unspecified atom stereocenters. The van der Waals surface area contributed by atoms with Crippen molar-refractivity contribution in [3.05, 3.63) is 42.3 Å². The molecule has 0 saturated heterocycles. The summed E-state index contributed by atoms with van der Waals surface area (Å²) >= 11 is 2.16. The fraction of sp³-hybridized carbons (Fsp3) is 0.533. The average Bonchev–Trinajstić information content (AvgIpc) is 2.29. The molecule has 0 atom stereocenters. The molecular formula is C15H21SV-. The Bertz CT molecular complexity index is 278. The molecular weight excluding hydrogens is 263 g/mol. The van der Waals surface area contributed by atoms with E-state index >= 15 is 0 Å². The summed E-state index contributed by atoms with van der Waals surface area (Å²) in [5, 5.41) is 0.897. The van der Waals surface area contributed by atoms with Crippen molar-refractivity contribution in [1.82, 2.24) is 0 Å². The van der Waals surface area contributed by atoms with Crippen molar-refractivity contribution < 1.29 is 18.6 Å². The van der Waals surface area contributed by atoms with E-state index in [1.165, 1.54) is 49.8 Å². The molecule has 0 nitrogen and oxygen atoms in total. The zero-order chi connectivity index (χ0) is 11.1. The van der Waals surface area contributed by atoms with Gasteiger partial charge in [0.05, 0.1) is 0 Å². The molecule has 0 heterocycles. The molecule has 17 heavy (non-hydrogen) atoms. The van der Waals surface area contributed by atoms with Gasteiger partial charge in [-0.3, -0.25) is 0 Å². The smallest absolute Gasteiger partial charge is 0.0187 e. The Balaban J connectivity index is 0.00000144. The van der Waals surface area contributed by atoms with E-state index in [1.54, 1.807) is 0 Å². The zero-order valence-electron chi connectivity index (χ0n) is 10.3. The average molecular weight is 284 g/mol. The van der Waals surface area contributed by atoms with E-state index in [4.69, 9.17) is 0 Å². The molecule has 1 aliphatic carbocycles. The number of hydrogen-bond donors (Lipinski definition) is 0. The van der Waals surface area contributed by atoms with Crippen molar-refractivity contribution in [3.63, 3.8) is 0 Å². The summed E-state index contributed by atoms with van der Waals surface area (Å²) in [5.74, 6) is 1.19. The first-order valence-electron chi connectivity index (χ1n) is 6.42. The van der Waals surface area contributed by atoms with E-state index in [0.717, 1.165) is 5.25 Å². The Kier molecular flexibility index (Phi) is 8.17. The first-order chi connectivity index (χ1) is 7.95. The largest absolute Gasteiger partial charge is 0.328 e. The number of thioether (sulfide) groups is 1. The van der Waals surface area contributed by atoms with Gasteiger partial charge in [-0.2, -0.15) is 24.6 Å². The summed E-state index contributed by atoms with van der Waals surface area (Å²) in [5.41, 5.74) is 1.47. The van der Waals surface area contributed by atoms with Crippen molar-refractivity contribution in [2.24, 2.45) is 0 Å². The van der Waals surface area contributed by atoms with Crippen LogP contribution in [-0.4, -0.2) is 5.25 Å². The van der Waals surface area contributed by atoms with Crippen LogP contribution in [0.3, 0.4) is 0 Å². The summed E-state index contributed by atoms with van der Waals surface area (Å²) in [7, 11) is 0. The van der Waals surface area contributed by atoms with Gasteiger partial charge in [0, 0.05) is 29.6 Å². The van der Waals surface area contributed by atoms with Gasteiger partial charge in [0.15, 0.2) is 0 Å². The van der Waals surface area contributed by atoms with Gasteiger partial charge < -0.3 is 6.42 Å². The van der Waals surface area contributed by atoms with Gasteiger partial charge in [-0.15, -0.1) is 0 Å². The number of benzene rings is 1. The summed E-state index contributed by atoms with van der Waals surface area (Å²) in [6.07, 6.45) is 10.8. The second kappa shape index (κ2) is 9.13. The molecule has 1 aromatic carbocycles. The van der Waals surface area contributed by atoms with Crippen molar-refractivity contribution in [2.75, 3.05) is 0 Å². The van der Waals surface area contributed by atoms with E-state index in [0.29, 0.717) is 0 Å². The van der Waals surface area contributed by atoms with E-state index in [-0.39, 0.29) is 18.6 Å². The number of rotatable bonds is 3. The van der Waals surface area contributed by atoms with E-state index in [9.17, 15) is 0 Å². The second-order valence-electron chi connectivity index (χ2n) is 4.57. The van der Waals surface area contributed by atoms with Gasteiger partial charge in [0.25, 0.3) is 0 Å². The Labute approximate surface area is 122 Å². The SMILES string of the molecule is [V].c1ccc(CSC2CCC[CH-]CCC2)cc1. The van der Waals surface area contributed by atoms with E-state index < -0.39 is 0 Å². The van der Waals surface area contributed by atoms with Crippen molar-refractivity contribution in [2.45, 2.75) is 49.5 Å². The van der Waals surface area contributed by atoms with Crippen LogP contribution < -0.4 is 0 Å². The van der Waals surface area contributed by atoms with Gasteiger partial charge in [0.1, 0.15) is 0 Å². The molecule has 0 bridgehead atoms. The predicted octanol–water partition coefficient (Wildman–Crippen LogP) is 4.84. The molecule has 0 aliphatic heterocycles. The number of hydrogen-bond acceptors (Lipinski definition) is 1. The molecule has 2 rings (SSSR count). The van der Waals surface area contributed by atoms with Crippen LogP contribution in [0.25, 0.3) is 0 Å². The first-order valence-corrected chi connectivity index (χ1v) is 7.47. The molecule has 0 aromatic heterocycles. The Hall–Kier alpha value is 0.154. The van der Waals surface area contributed by atoms with Crippen LogP contribution in [-0.2, 0) is 24.3 Å². The van der Waals surface area contributed by atoms with Crippen LogP contribution in [0.4, 0.5) is 0 Å². The first kappa shape index (κ1) is 15.2. The van der Waals surface area contributed by atoms with E-state index in [1.807, 2.05) is 0 Å². The Morgan fingerprint density at radius 2 is 1.71 bits per heavy atom. The van der Waals surface area contributed by atoms with Gasteiger partial charge in [0.2, 0.25) is 0 Å². The summed E-state index contributed by atoms with van der Waals surface area (Å²) in [6.45, 7) is 0. The summed E-state index contributed by atoms with van der Waals surface area (Å²) in [4.78, 5) is 0. The fourth-order valence-electron chi connectivity index (χ4n) is 2.22. The van der Waals surface area contributed by atoms with Gasteiger partial charge in [-0.1, -0.05) is 43.2 Å². The quantitative estimate of drug-likeness (QED) is 0.715. The van der Waals surface area contributed by atoms with Gasteiger partial charge >= 0.3 is 0 Å². The summed E-state index contributed by atoms with van der Waals surface area (Å²) in [6, 6.07) is 10.9. The van der Waals surface area contributed by atoms with Crippen molar-refractivity contribution in [3.8, 4) is 0 Å². The molecule has 0 N–H and O–H groups in total. The minimum Gasteiger partial charge on any atom is -0.328 e. The topological polar surface area (TPSA) is 0 Å². The molecule has 0 amide bonds. The Morgan fingerprint density at radius 1 is 1.06 bits per heavy atom. The molecule has 1 fully saturated rings. The third kappa shape index (κ3) is 6.04. The second-order valence-corrected chi connectivity index (χ2v) is 5.86. The minimum atomic E-state index is 0. The fourth-order valence-corrected chi connectivity index (χ4v) is 3.51. The summed E-state index contributed by atoms with van der Waals surface area (Å²) < 4.78 is 0. The maximum atomic E-state index is 2.47. The van der Waals surface area contributed by atoms with Crippen molar-refractivity contribution >= 4 is 11.8 Å². The molecule has 1 aromatic rings. The maximum Gasteiger partial charge on any atom is 0.0187 e. The van der Waals surface area contributed by atoms with Gasteiger partial charge in [-0.05, 0) is 18.4 Å². The van der Waals surface area contributed by atoms with Crippen LogP contribution in [0.15, 0.2) is 30.3 Å². The monoisotopic (exact) mass is 284 g/mol. The standard InChI is InChI=1S/C15H21S.V/c1-2-7-11-15(12-8-3-1)16-13-14-9-5-4-6-10-14;/h1,4-6,9-10,15H,2-3,7-8,11-13H2;/q-1;. The molecule has 1 aliphatic rings. The van der Waals surface area contributed by atoms with Crippen molar-refractivity contribution in [1.29, 1.82) is 0 Å². The van der Waals surface area contributed by atoms with Crippen LogP contribution in [0.1, 0.15) is 44.1 Å². The van der Waals surface area contributed by atoms with Gasteiger partial charge in [-0.25, -0.2) is 0 Å². The molecule has 2 heteroatoms. The molecule has 0 spiro atoms. The normalized spacial score (nSPS) is 17.9. The van der Waals surface area contributed by atoms with Crippen LogP contribution in [0.5, 0.6) is 0 Å². The molecule has 93 valence electrons.